The summed E-state index contributed by atoms with van der Waals surface area (Å²) < 4.78 is 52.3. The molecule has 0 amide bonds. The number of esters is 1. The molecule has 3 saturated heterocycles. The Labute approximate surface area is 379 Å². The summed E-state index contributed by atoms with van der Waals surface area (Å²) in [7, 11) is 1.27. The molecule has 0 aliphatic carbocycles. The number of phenolic OH excluding ortho intramolecular Hbond substituents is 4. The topological polar surface area (TPSA) is 383 Å². The summed E-state index contributed by atoms with van der Waals surface area (Å²) in [5.41, 5.74) is 0.447. The Balaban J connectivity index is 1.25. The molecular weight excluding hydrogens is 900 g/mol. The molecule has 14 N–H and O–H groups in total. The van der Waals surface area contributed by atoms with Crippen molar-refractivity contribution in [3.63, 3.8) is 0 Å². The molecule has 3 aromatic carbocycles. The fourth-order valence-corrected chi connectivity index (χ4v) is 7.58. The van der Waals surface area contributed by atoms with Crippen molar-refractivity contribution in [1.82, 2.24) is 0 Å². The van der Waals surface area contributed by atoms with Crippen molar-refractivity contribution in [1.29, 1.82) is 0 Å². The quantitative estimate of drug-likeness (QED) is 0.0437. The third-order valence-electron chi connectivity index (χ3n) is 11.3. The van der Waals surface area contributed by atoms with Crippen LogP contribution in [0.15, 0.2) is 60.4 Å². The molecule has 3 fully saturated rings. The number of rotatable bonds is 14. The molecule has 16 unspecified atom stereocenters. The first-order chi connectivity index (χ1) is 31.9. The van der Waals surface area contributed by atoms with Crippen molar-refractivity contribution < 1.29 is 119 Å². The molecule has 0 saturated carbocycles. The lowest BCUT2D eigenvalue weighted by atomic mass is 9.97. The van der Waals surface area contributed by atoms with Gasteiger partial charge in [-0.2, -0.15) is 0 Å². The molecule has 7 rings (SSSR count). The van der Waals surface area contributed by atoms with Crippen LogP contribution in [0.5, 0.6) is 40.2 Å². The molecule has 67 heavy (non-hydrogen) atoms. The van der Waals surface area contributed by atoms with E-state index in [0.717, 1.165) is 18.2 Å². The maximum absolute atomic E-state index is 12.8. The Morgan fingerprint density at radius 3 is 1.93 bits per heavy atom. The first-order valence-electron chi connectivity index (χ1n) is 20.5. The number of hydrogen-bond donors (Lipinski definition) is 14. The van der Waals surface area contributed by atoms with Crippen molar-refractivity contribution in [2.75, 3.05) is 26.9 Å². The zero-order valence-corrected chi connectivity index (χ0v) is 35.1. The van der Waals surface area contributed by atoms with Crippen LogP contribution in [0.25, 0.3) is 12.2 Å². The second-order valence-corrected chi connectivity index (χ2v) is 15.8. The second-order valence-electron chi connectivity index (χ2n) is 15.8. The van der Waals surface area contributed by atoms with Gasteiger partial charge < -0.3 is 114 Å². The predicted molar refractivity (Wildman–Crippen MR) is 219 cm³/mol. The van der Waals surface area contributed by atoms with E-state index < -0.39 is 141 Å². The van der Waals surface area contributed by atoms with Crippen LogP contribution in [-0.4, -0.2) is 197 Å². The van der Waals surface area contributed by atoms with Gasteiger partial charge in [-0.1, -0.05) is 12.1 Å². The van der Waals surface area contributed by atoms with E-state index in [4.69, 9.17) is 42.6 Å². The van der Waals surface area contributed by atoms with Crippen LogP contribution in [0.3, 0.4) is 0 Å². The van der Waals surface area contributed by atoms with E-state index >= 15 is 0 Å². The fraction of sp³-hybridized carbons (Fsp3) is 0.465. The SMILES string of the molecule is COc1cc(C2Oc3cc(O)cc(OC4OC(CO)C(O)C(O)C4O)c3C=C2OC2OC(COC(=O)C=Cc3ccc(O)c(O)c3)C(O)C(O)C2OC2OC(CO)C(O)C(O)C2O)ccc1O. The number of carbonyl (C=O) groups is 1. The Bertz CT molecular complexity index is 2270. The average Bonchev–Trinajstić information content (AvgIpc) is 3.31. The Morgan fingerprint density at radius 1 is 0.642 bits per heavy atom. The third-order valence-corrected chi connectivity index (χ3v) is 11.3. The molecule has 16 atom stereocenters. The van der Waals surface area contributed by atoms with Gasteiger partial charge in [0, 0.05) is 23.8 Å². The van der Waals surface area contributed by atoms with Gasteiger partial charge in [-0.3, -0.25) is 0 Å². The van der Waals surface area contributed by atoms with Gasteiger partial charge in [0.1, 0.15) is 96.8 Å². The number of fused-ring (bicyclic) bond motifs is 1. The number of aromatic hydroxyl groups is 4. The van der Waals surface area contributed by atoms with Crippen LogP contribution in [0.1, 0.15) is 22.8 Å². The fourth-order valence-electron chi connectivity index (χ4n) is 7.58. The van der Waals surface area contributed by atoms with Gasteiger partial charge in [0.15, 0.2) is 41.5 Å². The van der Waals surface area contributed by atoms with Gasteiger partial charge in [0.2, 0.25) is 12.6 Å². The minimum absolute atomic E-state index is 0.0387. The van der Waals surface area contributed by atoms with Gasteiger partial charge in [-0.25, -0.2) is 4.79 Å². The molecule has 4 aliphatic rings. The van der Waals surface area contributed by atoms with Gasteiger partial charge in [0.05, 0.1) is 25.9 Å². The van der Waals surface area contributed by atoms with Crippen molar-refractivity contribution in [3.8, 4) is 40.2 Å². The van der Waals surface area contributed by atoms with E-state index in [2.05, 4.69) is 0 Å². The van der Waals surface area contributed by atoms with E-state index in [1.54, 1.807) is 0 Å². The summed E-state index contributed by atoms with van der Waals surface area (Å²) in [6, 6.07) is 9.97. The van der Waals surface area contributed by atoms with Gasteiger partial charge in [-0.05, 0) is 42.0 Å². The third kappa shape index (κ3) is 10.5. The molecule has 24 heteroatoms. The highest BCUT2D eigenvalue weighted by molar-refractivity contribution is 5.87. The van der Waals surface area contributed by atoms with Gasteiger partial charge in [0.25, 0.3) is 0 Å². The highest BCUT2D eigenvalue weighted by Crippen LogP contribution is 2.47. The molecule has 3 aromatic rings. The highest BCUT2D eigenvalue weighted by Gasteiger charge is 2.53. The number of carbonyl (C=O) groups excluding carboxylic acids is 1. The smallest absolute Gasteiger partial charge is 0.330 e. The van der Waals surface area contributed by atoms with E-state index in [1.807, 2.05) is 0 Å². The summed E-state index contributed by atoms with van der Waals surface area (Å²) in [5.74, 6) is -3.30. The first-order valence-corrected chi connectivity index (χ1v) is 20.5. The van der Waals surface area contributed by atoms with Crippen molar-refractivity contribution in [2.45, 2.75) is 98.2 Å². The molecule has 0 bridgehead atoms. The van der Waals surface area contributed by atoms with Crippen LogP contribution in [0.4, 0.5) is 0 Å². The zero-order chi connectivity index (χ0) is 48.4. The largest absolute Gasteiger partial charge is 0.508 e. The maximum atomic E-state index is 12.8. The van der Waals surface area contributed by atoms with Gasteiger partial charge in [-0.15, -0.1) is 0 Å². The Morgan fingerprint density at radius 2 is 1.27 bits per heavy atom. The van der Waals surface area contributed by atoms with Crippen molar-refractivity contribution in [2.24, 2.45) is 0 Å². The number of aliphatic hydroxyl groups excluding tert-OH is 10. The molecule has 24 nitrogen and oxygen atoms in total. The lowest BCUT2D eigenvalue weighted by molar-refractivity contribution is -0.364. The number of aliphatic hydroxyl groups is 10. The summed E-state index contributed by atoms with van der Waals surface area (Å²) >= 11 is 0. The van der Waals surface area contributed by atoms with Crippen LogP contribution in [-0.2, 0) is 33.2 Å². The normalized spacial score (nSPS) is 34.1. The molecule has 4 heterocycles. The van der Waals surface area contributed by atoms with E-state index in [9.17, 15) is 76.3 Å². The Hall–Kier alpha value is -5.55. The standard InChI is InChI=1S/C43H50O24/c1-59-25-9-17(4-6-21(25)48)39-26(12-19-23(61-39)10-18(46)11-24(19)62-41-37(57)34(54)31(51)27(13-44)64-41)63-43-40(67-42-38(58)35(55)32(52)28(14-45)65-42)36(56)33(53)29(66-43)15-60-30(50)7-3-16-2-5-20(47)22(49)8-16/h2-12,27-29,31-49,51-58H,13-15H2,1H3. The number of phenols is 4. The molecule has 366 valence electrons. The van der Waals surface area contributed by atoms with Crippen LogP contribution < -0.4 is 14.2 Å². The van der Waals surface area contributed by atoms with Gasteiger partial charge >= 0.3 is 5.97 Å². The summed E-state index contributed by atoms with van der Waals surface area (Å²) in [5, 5.41) is 147. The lowest BCUT2D eigenvalue weighted by Gasteiger charge is -2.46. The van der Waals surface area contributed by atoms with E-state index in [1.165, 1.54) is 55.7 Å². The Kier molecular flexibility index (Phi) is 15.3. The number of hydrogen-bond acceptors (Lipinski definition) is 24. The summed E-state index contributed by atoms with van der Waals surface area (Å²) in [6.45, 7) is -2.42. The summed E-state index contributed by atoms with van der Waals surface area (Å²) in [6.07, 6.45) is -25.3. The van der Waals surface area contributed by atoms with E-state index in [0.29, 0.717) is 5.56 Å². The monoisotopic (exact) mass is 950 g/mol. The van der Waals surface area contributed by atoms with E-state index in [-0.39, 0.29) is 39.9 Å². The summed E-state index contributed by atoms with van der Waals surface area (Å²) in [4.78, 5) is 12.8. The highest BCUT2D eigenvalue weighted by atomic mass is 16.8. The molecule has 0 radical (unpaired) electrons. The molecular formula is C43H50O24. The van der Waals surface area contributed by atoms with Crippen LogP contribution >= 0.6 is 0 Å². The first kappa shape index (κ1) is 49.4. The lowest BCUT2D eigenvalue weighted by Crippen LogP contribution is -2.64. The van der Waals surface area contributed by atoms with Crippen molar-refractivity contribution in [3.05, 3.63) is 77.1 Å². The average molecular weight is 951 g/mol. The number of ether oxygens (including phenoxy) is 9. The van der Waals surface area contributed by atoms with Crippen molar-refractivity contribution >= 4 is 18.1 Å². The number of methoxy groups -OCH3 is 1. The minimum Gasteiger partial charge on any atom is -0.508 e. The minimum atomic E-state index is -2.07. The molecule has 4 aliphatic heterocycles. The number of benzene rings is 3. The zero-order valence-electron chi connectivity index (χ0n) is 35.1. The van der Waals surface area contributed by atoms with Crippen LogP contribution in [0, 0.1) is 0 Å². The van der Waals surface area contributed by atoms with Crippen LogP contribution in [0.2, 0.25) is 0 Å². The molecule has 0 spiro atoms. The second kappa shape index (κ2) is 20.8. The predicted octanol–water partition coefficient (Wildman–Crippen LogP) is -2.92. The molecule has 0 aromatic heterocycles. The maximum Gasteiger partial charge on any atom is 0.330 e.